The van der Waals surface area contributed by atoms with Crippen LogP contribution in [0.5, 0.6) is 0 Å². The van der Waals surface area contributed by atoms with Gasteiger partial charge in [-0.15, -0.1) is 0 Å². The van der Waals surface area contributed by atoms with E-state index in [1.165, 1.54) is 7.05 Å². The maximum Gasteiger partial charge on any atom is 0.252 e. The lowest BCUT2D eigenvalue weighted by atomic mass is 9.96. The SMILES string of the molecule is CN(CC(F)F)S(=O)(=O)CCC1CCNCC1. The Labute approximate surface area is 101 Å². The molecule has 4 nitrogen and oxygen atoms in total. The molecular formula is C10H20F2N2O2S. The van der Waals surface area contributed by atoms with Crippen LogP contribution in [0.25, 0.3) is 0 Å². The Morgan fingerprint density at radius 2 is 1.94 bits per heavy atom. The highest BCUT2D eigenvalue weighted by Gasteiger charge is 2.23. The number of halogens is 2. The van der Waals surface area contributed by atoms with E-state index in [0.717, 1.165) is 30.2 Å². The van der Waals surface area contributed by atoms with Crippen LogP contribution >= 0.6 is 0 Å². The number of nitrogens with one attached hydrogen (secondary N) is 1. The smallest absolute Gasteiger partial charge is 0.252 e. The highest BCUT2D eigenvalue weighted by molar-refractivity contribution is 7.89. The summed E-state index contributed by atoms with van der Waals surface area (Å²) in [5.41, 5.74) is 0. The second-order valence-corrected chi connectivity index (χ2v) is 6.67. The number of hydrogen-bond acceptors (Lipinski definition) is 3. The third kappa shape index (κ3) is 5.27. The van der Waals surface area contributed by atoms with Crippen molar-refractivity contribution in [3.05, 3.63) is 0 Å². The number of sulfonamides is 1. The number of alkyl halides is 2. The molecule has 1 heterocycles. The van der Waals surface area contributed by atoms with Crippen molar-refractivity contribution in [1.82, 2.24) is 9.62 Å². The van der Waals surface area contributed by atoms with Gasteiger partial charge in [-0.1, -0.05) is 0 Å². The third-order valence-electron chi connectivity index (χ3n) is 3.11. The molecule has 0 radical (unpaired) electrons. The van der Waals surface area contributed by atoms with Crippen molar-refractivity contribution >= 4 is 10.0 Å². The van der Waals surface area contributed by atoms with E-state index >= 15 is 0 Å². The summed E-state index contributed by atoms with van der Waals surface area (Å²) in [6.07, 6.45) is -0.117. The fourth-order valence-corrected chi connectivity index (χ4v) is 3.23. The van der Waals surface area contributed by atoms with Crippen molar-refractivity contribution in [1.29, 1.82) is 0 Å². The molecule has 0 bridgehead atoms. The third-order valence-corrected chi connectivity index (χ3v) is 4.96. The lowest BCUT2D eigenvalue weighted by Crippen LogP contribution is -2.35. The number of piperidine rings is 1. The van der Waals surface area contributed by atoms with Crippen LogP contribution in [-0.2, 0) is 10.0 Å². The molecule has 1 aliphatic heterocycles. The topological polar surface area (TPSA) is 49.4 Å². The summed E-state index contributed by atoms with van der Waals surface area (Å²) in [7, 11) is -2.31. The Hall–Kier alpha value is -0.270. The Morgan fingerprint density at radius 1 is 1.35 bits per heavy atom. The van der Waals surface area contributed by atoms with E-state index in [2.05, 4.69) is 5.32 Å². The van der Waals surface area contributed by atoms with E-state index in [9.17, 15) is 17.2 Å². The van der Waals surface area contributed by atoms with E-state index in [0.29, 0.717) is 12.3 Å². The molecule has 0 spiro atoms. The summed E-state index contributed by atoms with van der Waals surface area (Å²) in [5, 5.41) is 3.20. The molecule has 0 aromatic carbocycles. The first-order chi connectivity index (χ1) is 7.92. The van der Waals surface area contributed by atoms with E-state index < -0.39 is 23.0 Å². The van der Waals surface area contributed by atoms with Gasteiger partial charge in [-0.25, -0.2) is 17.2 Å². The van der Waals surface area contributed by atoms with Crippen LogP contribution in [-0.4, -0.2) is 51.6 Å². The van der Waals surface area contributed by atoms with Crippen molar-refractivity contribution in [2.75, 3.05) is 32.4 Å². The fourth-order valence-electron chi connectivity index (χ4n) is 1.95. The van der Waals surface area contributed by atoms with Crippen LogP contribution in [0.15, 0.2) is 0 Å². The lowest BCUT2D eigenvalue weighted by Gasteiger charge is -2.23. The zero-order valence-electron chi connectivity index (χ0n) is 10.0. The molecule has 0 saturated carbocycles. The quantitative estimate of drug-likeness (QED) is 0.780. The summed E-state index contributed by atoms with van der Waals surface area (Å²) in [6, 6.07) is 0. The predicted octanol–water partition coefficient (Wildman–Crippen LogP) is 0.903. The van der Waals surface area contributed by atoms with Gasteiger partial charge in [0, 0.05) is 7.05 Å². The zero-order valence-corrected chi connectivity index (χ0v) is 10.8. The summed E-state index contributed by atoms with van der Waals surface area (Å²) in [4.78, 5) is 0. The monoisotopic (exact) mass is 270 g/mol. The molecule has 0 aromatic rings. The highest BCUT2D eigenvalue weighted by Crippen LogP contribution is 2.17. The molecule has 1 saturated heterocycles. The first-order valence-electron chi connectivity index (χ1n) is 5.84. The Kier molecular flexibility index (Phi) is 5.75. The van der Waals surface area contributed by atoms with Gasteiger partial charge in [-0.2, -0.15) is 4.31 Å². The molecule has 0 aliphatic carbocycles. The number of hydrogen-bond donors (Lipinski definition) is 1. The maximum absolute atomic E-state index is 12.1. The van der Waals surface area contributed by atoms with Crippen LogP contribution in [0.1, 0.15) is 19.3 Å². The average molecular weight is 270 g/mol. The van der Waals surface area contributed by atoms with Crippen LogP contribution in [0.4, 0.5) is 8.78 Å². The summed E-state index contributed by atoms with van der Waals surface area (Å²) in [5.74, 6) is 0.368. The first kappa shape index (κ1) is 14.8. The molecule has 7 heteroatoms. The minimum absolute atomic E-state index is 0.0269. The van der Waals surface area contributed by atoms with Crippen molar-refractivity contribution in [2.45, 2.75) is 25.7 Å². The van der Waals surface area contributed by atoms with Gasteiger partial charge in [0.15, 0.2) is 0 Å². The summed E-state index contributed by atoms with van der Waals surface area (Å²) in [6.45, 7) is 1.11. The number of nitrogens with zero attached hydrogens (tertiary/aromatic N) is 1. The van der Waals surface area contributed by atoms with Gasteiger partial charge in [0.25, 0.3) is 6.43 Å². The molecule has 102 valence electrons. The first-order valence-corrected chi connectivity index (χ1v) is 7.45. The fraction of sp³-hybridized carbons (Fsp3) is 1.00. The Morgan fingerprint density at radius 3 is 2.47 bits per heavy atom. The van der Waals surface area contributed by atoms with Crippen molar-refractivity contribution < 1.29 is 17.2 Å². The highest BCUT2D eigenvalue weighted by atomic mass is 32.2. The minimum atomic E-state index is -3.52. The van der Waals surface area contributed by atoms with Gasteiger partial charge in [0.05, 0.1) is 12.3 Å². The van der Waals surface area contributed by atoms with E-state index in [1.54, 1.807) is 0 Å². The van der Waals surface area contributed by atoms with Gasteiger partial charge in [-0.05, 0) is 38.3 Å². The molecule has 1 fully saturated rings. The van der Waals surface area contributed by atoms with E-state index in [1.807, 2.05) is 0 Å². The molecule has 1 aliphatic rings. The van der Waals surface area contributed by atoms with Gasteiger partial charge < -0.3 is 5.32 Å². The molecule has 1 rings (SSSR count). The molecule has 0 unspecified atom stereocenters. The standard InChI is InChI=1S/C10H20F2N2O2S/c1-14(8-10(11)12)17(15,16)7-4-9-2-5-13-6-3-9/h9-10,13H,2-8H2,1H3. The predicted molar refractivity (Wildman–Crippen MR) is 62.6 cm³/mol. The zero-order chi connectivity index (χ0) is 12.9. The molecule has 17 heavy (non-hydrogen) atoms. The maximum atomic E-state index is 12.1. The van der Waals surface area contributed by atoms with E-state index in [4.69, 9.17) is 0 Å². The van der Waals surface area contributed by atoms with Gasteiger partial charge in [-0.3, -0.25) is 0 Å². The minimum Gasteiger partial charge on any atom is -0.317 e. The average Bonchev–Trinajstić information content (AvgIpc) is 2.27. The van der Waals surface area contributed by atoms with Crippen LogP contribution in [0, 0.1) is 5.92 Å². The van der Waals surface area contributed by atoms with Crippen LogP contribution in [0.2, 0.25) is 0 Å². The summed E-state index contributed by atoms with van der Waals surface area (Å²) >= 11 is 0. The lowest BCUT2D eigenvalue weighted by molar-refractivity contribution is 0.126. The largest absolute Gasteiger partial charge is 0.317 e. The van der Waals surface area contributed by atoms with Gasteiger partial charge in [0.2, 0.25) is 10.0 Å². The molecule has 0 atom stereocenters. The summed E-state index contributed by atoms with van der Waals surface area (Å²) < 4.78 is 48.3. The second-order valence-electron chi connectivity index (χ2n) is 4.47. The molecule has 0 amide bonds. The van der Waals surface area contributed by atoms with Crippen LogP contribution < -0.4 is 5.32 Å². The number of rotatable bonds is 6. The van der Waals surface area contributed by atoms with E-state index in [-0.39, 0.29) is 5.75 Å². The van der Waals surface area contributed by atoms with Gasteiger partial charge in [0.1, 0.15) is 0 Å². The Balaban J connectivity index is 2.37. The molecule has 1 N–H and O–H groups in total. The second kappa shape index (κ2) is 6.61. The Bertz CT molecular complexity index is 316. The molecular weight excluding hydrogens is 250 g/mol. The molecule has 0 aromatic heterocycles. The van der Waals surface area contributed by atoms with Crippen LogP contribution in [0.3, 0.4) is 0 Å². The normalized spacial score (nSPS) is 19.1. The van der Waals surface area contributed by atoms with Gasteiger partial charge >= 0.3 is 0 Å². The van der Waals surface area contributed by atoms with Crippen molar-refractivity contribution in [3.8, 4) is 0 Å². The van der Waals surface area contributed by atoms with Crippen molar-refractivity contribution in [3.63, 3.8) is 0 Å². The van der Waals surface area contributed by atoms with Crippen molar-refractivity contribution in [2.24, 2.45) is 5.92 Å².